The van der Waals surface area contributed by atoms with Crippen molar-refractivity contribution in [1.29, 1.82) is 0 Å². The molecule has 0 heterocycles. The van der Waals surface area contributed by atoms with Crippen LogP contribution in [0.15, 0.2) is 32.9 Å². The average molecular weight is 397 g/mol. The van der Waals surface area contributed by atoms with Gasteiger partial charge in [0.2, 0.25) is 0 Å². The van der Waals surface area contributed by atoms with Crippen LogP contribution in [0.2, 0.25) is 0 Å². The van der Waals surface area contributed by atoms with Crippen molar-refractivity contribution in [3.8, 4) is 0 Å². The van der Waals surface area contributed by atoms with Gasteiger partial charge in [-0.1, -0.05) is 0 Å². The minimum Gasteiger partial charge on any atom is -0.375 e. The number of nitrogens with one attached hydrogen (secondary N) is 2. The summed E-state index contributed by atoms with van der Waals surface area (Å²) >= 11 is 0. The van der Waals surface area contributed by atoms with Crippen LogP contribution in [-0.4, -0.2) is 49.3 Å². The molecule has 9 heteroatoms. The molecule has 0 spiro atoms. The monoisotopic (exact) mass is 397 g/mol. The van der Waals surface area contributed by atoms with Crippen LogP contribution in [0.5, 0.6) is 0 Å². The van der Waals surface area contributed by atoms with Crippen LogP contribution >= 0.6 is 0 Å². The van der Waals surface area contributed by atoms with Crippen molar-refractivity contribution < 1.29 is 16.8 Å². The maximum absolute atomic E-state index is 3.98. The van der Waals surface area contributed by atoms with Crippen LogP contribution in [0.3, 0.4) is 0 Å². The van der Waals surface area contributed by atoms with Gasteiger partial charge in [-0.15, -0.1) is 12.4 Å². The van der Waals surface area contributed by atoms with E-state index in [0.717, 1.165) is 0 Å². The smallest absolute Gasteiger partial charge is 0.375 e. The van der Waals surface area contributed by atoms with E-state index in [1.807, 2.05) is 69.7 Å². The Morgan fingerprint density at radius 2 is 0.960 bits per heavy atom. The number of nitrogens with zero attached hydrogens (tertiary/aromatic N) is 6. The summed E-state index contributed by atoms with van der Waals surface area (Å²) in [5.74, 6) is 0. The topological polar surface area (TPSA) is 80.0 Å². The summed E-state index contributed by atoms with van der Waals surface area (Å²) in [6, 6.07) is 0. The minimum atomic E-state index is -0.126. The zero-order valence-corrected chi connectivity index (χ0v) is 18.2. The standard InChI is InChI=1S/2C8H17N4.Co/c2*1-8(2,3)11-9-6-7-10-12(4)5;/h2*7,10H,1-5H3;/q2*-1;+2. The Balaban J connectivity index is -0.000000372. The average Bonchev–Trinajstić information content (AvgIpc) is 2.35. The predicted octanol–water partition coefficient (Wildman–Crippen LogP) is 3.15. The largest absolute Gasteiger partial charge is 2.00 e. The molecule has 0 amide bonds. The fraction of sp³-hybridized carbons (Fsp3) is 0.750. The molecule has 0 aliphatic carbocycles. The number of azo groups is 2. The maximum atomic E-state index is 3.98. The molecule has 0 aliphatic heterocycles. The van der Waals surface area contributed by atoms with E-state index in [4.69, 9.17) is 0 Å². The van der Waals surface area contributed by atoms with E-state index < -0.39 is 0 Å². The van der Waals surface area contributed by atoms with E-state index >= 15 is 0 Å². The molecule has 147 valence electrons. The summed E-state index contributed by atoms with van der Waals surface area (Å²) in [5, 5.41) is 19.0. The molecule has 0 saturated carbocycles. The molecular weight excluding hydrogens is 363 g/mol. The summed E-state index contributed by atoms with van der Waals surface area (Å²) < 4.78 is 0. The Kier molecular flexibility index (Phi) is 17.1. The molecule has 2 N–H and O–H groups in total. The molecule has 0 aromatic heterocycles. The van der Waals surface area contributed by atoms with Gasteiger partial charge in [-0.25, -0.2) is 20.2 Å². The third-order valence-electron chi connectivity index (χ3n) is 1.59. The number of rotatable bonds is 6. The van der Waals surface area contributed by atoms with E-state index in [0.29, 0.717) is 0 Å². The van der Waals surface area contributed by atoms with Crippen molar-refractivity contribution in [2.45, 2.75) is 52.6 Å². The first-order chi connectivity index (χ1) is 10.8. The molecular formula is C16H34CoN8. The van der Waals surface area contributed by atoms with Gasteiger partial charge in [-0.05, 0) is 41.5 Å². The zero-order valence-electron chi connectivity index (χ0n) is 17.2. The second kappa shape index (κ2) is 15.0. The molecule has 0 aliphatic rings. The molecule has 0 atom stereocenters. The molecule has 1 radical (unpaired) electrons. The zero-order chi connectivity index (χ0) is 19.2. The van der Waals surface area contributed by atoms with Gasteiger partial charge in [-0.2, -0.15) is 0 Å². The van der Waals surface area contributed by atoms with Crippen molar-refractivity contribution in [1.82, 2.24) is 20.9 Å². The summed E-state index contributed by atoms with van der Waals surface area (Å²) in [7, 11) is 7.55. The molecule has 25 heavy (non-hydrogen) atoms. The normalized spacial score (nSPS) is 13.0. The summed E-state index contributed by atoms with van der Waals surface area (Å²) in [4.78, 5) is 0. The van der Waals surface area contributed by atoms with Gasteiger partial charge < -0.3 is 33.5 Å². The fourth-order valence-corrected chi connectivity index (χ4v) is 0.731. The molecule has 0 unspecified atom stereocenters. The molecule has 0 rings (SSSR count). The second-order valence-electron chi connectivity index (χ2n) is 7.34. The van der Waals surface area contributed by atoms with Gasteiger partial charge in [0.1, 0.15) is 0 Å². The molecule has 0 fully saturated rings. The first-order valence-corrected chi connectivity index (χ1v) is 7.69. The number of hydrogen-bond acceptors (Lipinski definition) is 8. The van der Waals surface area contributed by atoms with Crippen molar-refractivity contribution in [2.75, 3.05) is 28.2 Å². The van der Waals surface area contributed by atoms with Crippen LogP contribution in [0.25, 0.3) is 0 Å². The van der Waals surface area contributed by atoms with E-state index in [1.165, 1.54) is 0 Å². The molecule has 8 nitrogen and oxygen atoms in total. The fourth-order valence-electron chi connectivity index (χ4n) is 0.731. The third kappa shape index (κ3) is 34.9. The SMILES string of the molecule is CN(C)NC=[C-]N=NC(C)(C)C.CN(C)NC=[C-]N=NC(C)(C)C.[Co+2]. The maximum Gasteiger partial charge on any atom is 2.00 e. The summed E-state index contributed by atoms with van der Waals surface area (Å²) in [5.41, 5.74) is 5.50. The van der Waals surface area contributed by atoms with E-state index in [2.05, 4.69) is 43.7 Å². The van der Waals surface area contributed by atoms with Crippen molar-refractivity contribution in [3.63, 3.8) is 0 Å². The Hall–Kier alpha value is -1.29. The first kappa shape index (κ1) is 28.5. The van der Waals surface area contributed by atoms with Gasteiger partial charge in [0.05, 0.1) is 11.1 Å². The molecule has 0 saturated heterocycles. The van der Waals surface area contributed by atoms with E-state index in [1.54, 1.807) is 22.4 Å². The number of hydrogen-bond donors (Lipinski definition) is 2. The molecule has 0 bridgehead atoms. The van der Waals surface area contributed by atoms with Crippen LogP contribution in [0.4, 0.5) is 0 Å². The van der Waals surface area contributed by atoms with Crippen LogP contribution < -0.4 is 10.9 Å². The van der Waals surface area contributed by atoms with Gasteiger partial charge >= 0.3 is 16.8 Å². The summed E-state index contributed by atoms with van der Waals surface area (Å²) in [6.07, 6.45) is 8.52. The predicted molar refractivity (Wildman–Crippen MR) is 98.5 cm³/mol. The van der Waals surface area contributed by atoms with Crippen LogP contribution in [0, 0.1) is 12.4 Å². The Morgan fingerprint density at radius 3 is 1.16 bits per heavy atom. The minimum absolute atomic E-state index is 0. The first-order valence-electron chi connectivity index (χ1n) is 7.69. The Labute approximate surface area is 164 Å². The van der Waals surface area contributed by atoms with Crippen LogP contribution in [0.1, 0.15) is 41.5 Å². The van der Waals surface area contributed by atoms with Gasteiger partial charge in [0.15, 0.2) is 0 Å². The third-order valence-corrected chi connectivity index (χ3v) is 1.59. The number of hydrazine groups is 2. The van der Waals surface area contributed by atoms with Crippen molar-refractivity contribution in [2.24, 2.45) is 20.5 Å². The Morgan fingerprint density at radius 1 is 0.680 bits per heavy atom. The van der Waals surface area contributed by atoms with Gasteiger partial charge in [0.25, 0.3) is 0 Å². The van der Waals surface area contributed by atoms with Crippen LogP contribution in [-0.2, 0) is 16.8 Å². The Bertz CT molecular complexity index is 375. The molecule has 0 aromatic rings. The van der Waals surface area contributed by atoms with E-state index in [-0.39, 0.29) is 27.9 Å². The van der Waals surface area contributed by atoms with Gasteiger partial charge in [0, 0.05) is 28.2 Å². The molecule has 0 aromatic carbocycles. The second-order valence-corrected chi connectivity index (χ2v) is 7.34. The van der Waals surface area contributed by atoms with Gasteiger partial charge in [-0.3, -0.25) is 0 Å². The van der Waals surface area contributed by atoms with Crippen molar-refractivity contribution >= 4 is 0 Å². The quantitative estimate of drug-likeness (QED) is 0.410. The van der Waals surface area contributed by atoms with Crippen molar-refractivity contribution in [3.05, 3.63) is 24.8 Å². The summed E-state index contributed by atoms with van der Waals surface area (Å²) in [6.45, 7) is 11.9. The van der Waals surface area contributed by atoms with E-state index in [9.17, 15) is 0 Å².